The standard InChI is InChI=1S/C17H25N3S/c1-5-15-16(11-18-6-2)21-17(19-15)20(4)12-14-9-7-8-13(3)10-14/h7-10,18H,5-6,11-12H2,1-4H3. The Labute approximate surface area is 132 Å². The lowest BCUT2D eigenvalue weighted by atomic mass is 10.1. The van der Waals surface area contributed by atoms with E-state index in [1.165, 1.54) is 21.7 Å². The van der Waals surface area contributed by atoms with Crippen molar-refractivity contribution >= 4 is 16.5 Å². The van der Waals surface area contributed by atoms with E-state index in [9.17, 15) is 0 Å². The number of aromatic nitrogens is 1. The van der Waals surface area contributed by atoms with E-state index in [2.05, 4.69) is 62.3 Å². The van der Waals surface area contributed by atoms with Crippen LogP contribution in [0.25, 0.3) is 0 Å². The fourth-order valence-electron chi connectivity index (χ4n) is 2.34. The molecule has 0 radical (unpaired) electrons. The van der Waals surface area contributed by atoms with Gasteiger partial charge in [-0.1, -0.05) is 43.7 Å². The minimum atomic E-state index is 0.902. The number of hydrogen-bond donors (Lipinski definition) is 1. The summed E-state index contributed by atoms with van der Waals surface area (Å²) in [6.07, 6.45) is 0.996. The zero-order valence-corrected chi connectivity index (χ0v) is 14.3. The predicted octanol–water partition coefficient (Wildman–Crippen LogP) is 3.76. The second-order valence-corrected chi connectivity index (χ2v) is 6.41. The lowest BCUT2D eigenvalue weighted by Crippen LogP contribution is -2.16. The summed E-state index contributed by atoms with van der Waals surface area (Å²) in [4.78, 5) is 8.41. The maximum Gasteiger partial charge on any atom is 0.185 e. The molecule has 0 saturated carbocycles. The summed E-state index contributed by atoms with van der Waals surface area (Å²) in [6, 6.07) is 8.67. The number of rotatable bonds is 7. The van der Waals surface area contributed by atoms with Crippen molar-refractivity contribution < 1.29 is 0 Å². The SMILES string of the molecule is CCNCc1sc(N(C)Cc2cccc(C)c2)nc1CC. The number of thiazole rings is 1. The van der Waals surface area contributed by atoms with Gasteiger partial charge in [-0.3, -0.25) is 0 Å². The summed E-state index contributed by atoms with van der Waals surface area (Å²) >= 11 is 1.81. The van der Waals surface area contributed by atoms with E-state index in [1.807, 2.05) is 11.3 Å². The van der Waals surface area contributed by atoms with Crippen molar-refractivity contribution in [1.29, 1.82) is 0 Å². The number of hydrogen-bond acceptors (Lipinski definition) is 4. The number of aryl methyl sites for hydroxylation is 2. The van der Waals surface area contributed by atoms with Crippen LogP contribution in [0.1, 0.15) is 35.5 Å². The van der Waals surface area contributed by atoms with Gasteiger partial charge in [0, 0.05) is 25.0 Å². The Balaban J connectivity index is 2.11. The molecule has 21 heavy (non-hydrogen) atoms. The molecule has 0 saturated heterocycles. The number of anilines is 1. The average molecular weight is 303 g/mol. The van der Waals surface area contributed by atoms with Crippen molar-refractivity contribution in [2.45, 2.75) is 40.3 Å². The molecular formula is C17H25N3S. The lowest BCUT2D eigenvalue weighted by Gasteiger charge is -2.16. The first-order chi connectivity index (χ1) is 10.1. The smallest absolute Gasteiger partial charge is 0.185 e. The first kappa shape index (κ1) is 16.0. The van der Waals surface area contributed by atoms with E-state index in [-0.39, 0.29) is 0 Å². The second-order valence-electron chi connectivity index (χ2n) is 5.35. The molecule has 114 valence electrons. The maximum atomic E-state index is 4.80. The van der Waals surface area contributed by atoms with Crippen LogP contribution in [-0.2, 0) is 19.5 Å². The van der Waals surface area contributed by atoms with Gasteiger partial charge < -0.3 is 10.2 Å². The first-order valence-corrected chi connectivity index (χ1v) is 8.41. The summed E-state index contributed by atoms with van der Waals surface area (Å²) in [7, 11) is 2.12. The Hall–Kier alpha value is -1.39. The third kappa shape index (κ3) is 4.29. The van der Waals surface area contributed by atoms with Crippen LogP contribution in [0.3, 0.4) is 0 Å². The Bertz CT molecular complexity index is 577. The average Bonchev–Trinajstić information content (AvgIpc) is 2.88. The summed E-state index contributed by atoms with van der Waals surface area (Å²) in [5.74, 6) is 0. The van der Waals surface area contributed by atoms with Gasteiger partial charge in [0.15, 0.2) is 5.13 Å². The Morgan fingerprint density at radius 2 is 2.10 bits per heavy atom. The summed E-state index contributed by atoms with van der Waals surface area (Å²) in [6.45, 7) is 9.27. The molecule has 2 aromatic rings. The minimum absolute atomic E-state index is 0.902. The molecule has 0 atom stereocenters. The minimum Gasteiger partial charge on any atom is -0.347 e. The van der Waals surface area contributed by atoms with Gasteiger partial charge in [0.2, 0.25) is 0 Å². The van der Waals surface area contributed by atoms with Gasteiger partial charge in [-0.2, -0.15) is 0 Å². The fraction of sp³-hybridized carbons (Fsp3) is 0.471. The van der Waals surface area contributed by atoms with Crippen LogP contribution in [0.5, 0.6) is 0 Å². The molecule has 1 N–H and O–H groups in total. The molecule has 0 spiro atoms. The normalized spacial score (nSPS) is 10.9. The van der Waals surface area contributed by atoms with Gasteiger partial charge in [0.1, 0.15) is 0 Å². The molecule has 4 heteroatoms. The van der Waals surface area contributed by atoms with Gasteiger partial charge in [0.25, 0.3) is 0 Å². The Morgan fingerprint density at radius 1 is 1.29 bits per heavy atom. The molecule has 0 unspecified atom stereocenters. The lowest BCUT2D eigenvalue weighted by molar-refractivity contribution is 0.727. The molecule has 0 aliphatic rings. The predicted molar refractivity (Wildman–Crippen MR) is 92.2 cm³/mol. The second kappa shape index (κ2) is 7.57. The molecule has 3 nitrogen and oxygen atoms in total. The van der Waals surface area contributed by atoms with Crippen LogP contribution in [0.2, 0.25) is 0 Å². The third-order valence-electron chi connectivity index (χ3n) is 3.47. The van der Waals surface area contributed by atoms with Crippen LogP contribution in [-0.4, -0.2) is 18.6 Å². The van der Waals surface area contributed by atoms with E-state index < -0.39 is 0 Å². The maximum absolute atomic E-state index is 4.80. The molecule has 0 fully saturated rings. The molecule has 0 amide bonds. The van der Waals surface area contributed by atoms with E-state index >= 15 is 0 Å². The molecule has 0 aliphatic carbocycles. The largest absolute Gasteiger partial charge is 0.347 e. The van der Waals surface area contributed by atoms with Crippen LogP contribution < -0.4 is 10.2 Å². The number of nitrogens with one attached hydrogen (secondary N) is 1. The van der Waals surface area contributed by atoms with Gasteiger partial charge >= 0.3 is 0 Å². The number of nitrogens with zero attached hydrogens (tertiary/aromatic N) is 2. The molecule has 2 rings (SSSR count). The summed E-state index contributed by atoms with van der Waals surface area (Å²) in [5.41, 5.74) is 3.87. The monoisotopic (exact) mass is 303 g/mol. The molecule has 1 aromatic heterocycles. The third-order valence-corrected chi connectivity index (χ3v) is 4.68. The van der Waals surface area contributed by atoms with E-state index in [1.54, 1.807) is 0 Å². The molecule has 1 aromatic carbocycles. The number of benzene rings is 1. The van der Waals surface area contributed by atoms with Gasteiger partial charge in [0.05, 0.1) is 5.69 Å². The zero-order chi connectivity index (χ0) is 15.2. The van der Waals surface area contributed by atoms with Crippen LogP contribution in [0.4, 0.5) is 5.13 Å². The van der Waals surface area contributed by atoms with Crippen LogP contribution in [0.15, 0.2) is 24.3 Å². The van der Waals surface area contributed by atoms with Gasteiger partial charge in [-0.15, -0.1) is 11.3 Å². The Kier molecular flexibility index (Phi) is 5.76. The van der Waals surface area contributed by atoms with E-state index in [4.69, 9.17) is 4.98 Å². The van der Waals surface area contributed by atoms with Crippen molar-refractivity contribution in [3.63, 3.8) is 0 Å². The van der Waals surface area contributed by atoms with Gasteiger partial charge in [-0.05, 0) is 25.5 Å². The quantitative estimate of drug-likeness (QED) is 0.844. The van der Waals surface area contributed by atoms with E-state index in [0.29, 0.717) is 0 Å². The zero-order valence-electron chi connectivity index (χ0n) is 13.4. The topological polar surface area (TPSA) is 28.2 Å². The van der Waals surface area contributed by atoms with Crippen molar-refractivity contribution in [2.75, 3.05) is 18.5 Å². The van der Waals surface area contributed by atoms with E-state index in [0.717, 1.165) is 31.2 Å². The highest BCUT2D eigenvalue weighted by Gasteiger charge is 2.12. The van der Waals surface area contributed by atoms with Crippen LogP contribution >= 0.6 is 11.3 Å². The summed E-state index contributed by atoms with van der Waals surface area (Å²) in [5, 5.41) is 4.51. The highest BCUT2D eigenvalue weighted by molar-refractivity contribution is 7.15. The molecule has 0 aliphatic heterocycles. The van der Waals surface area contributed by atoms with Crippen molar-refractivity contribution in [2.24, 2.45) is 0 Å². The fourth-order valence-corrected chi connectivity index (χ4v) is 3.42. The molecule has 1 heterocycles. The van der Waals surface area contributed by atoms with Crippen molar-refractivity contribution in [3.8, 4) is 0 Å². The molecular weight excluding hydrogens is 278 g/mol. The first-order valence-electron chi connectivity index (χ1n) is 7.60. The van der Waals surface area contributed by atoms with Crippen molar-refractivity contribution in [3.05, 3.63) is 46.0 Å². The highest BCUT2D eigenvalue weighted by atomic mass is 32.1. The van der Waals surface area contributed by atoms with Gasteiger partial charge in [-0.25, -0.2) is 4.98 Å². The summed E-state index contributed by atoms with van der Waals surface area (Å²) < 4.78 is 0. The Morgan fingerprint density at radius 3 is 2.76 bits per heavy atom. The van der Waals surface area contributed by atoms with Crippen molar-refractivity contribution in [1.82, 2.24) is 10.3 Å². The highest BCUT2D eigenvalue weighted by Crippen LogP contribution is 2.27. The van der Waals surface area contributed by atoms with Crippen LogP contribution in [0, 0.1) is 6.92 Å². The molecule has 0 bridgehead atoms.